The minimum absolute atomic E-state index is 0.155. The van der Waals surface area contributed by atoms with Gasteiger partial charge in [-0.3, -0.25) is 14.7 Å². The molecule has 9 nitrogen and oxygen atoms in total. The van der Waals surface area contributed by atoms with Gasteiger partial charge in [-0.1, -0.05) is 18.2 Å². The normalized spacial score (nSPS) is 14.2. The van der Waals surface area contributed by atoms with E-state index in [0.29, 0.717) is 40.2 Å². The first-order valence-corrected chi connectivity index (χ1v) is 13.4. The van der Waals surface area contributed by atoms with Crippen molar-refractivity contribution in [3.8, 4) is 11.3 Å². The van der Waals surface area contributed by atoms with Crippen molar-refractivity contribution in [3.63, 3.8) is 0 Å². The van der Waals surface area contributed by atoms with Crippen molar-refractivity contribution in [2.45, 2.75) is 19.9 Å². The van der Waals surface area contributed by atoms with E-state index in [-0.39, 0.29) is 5.91 Å². The summed E-state index contributed by atoms with van der Waals surface area (Å²) in [5, 5.41) is 22.0. The highest BCUT2D eigenvalue weighted by atomic mass is 16.4. The first-order chi connectivity index (χ1) is 19.3. The van der Waals surface area contributed by atoms with Crippen molar-refractivity contribution in [1.29, 1.82) is 0 Å². The van der Waals surface area contributed by atoms with E-state index in [2.05, 4.69) is 37.1 Å². The maximum absolute atomic E-state index is 13.0. The molecule has 1 saturated heterocycles. The maximum atomic E-state index is 13.0. The van der Waals surface area contributed by atoms with E-state index >= 15 is 0 Å². The summed E-state index contributed by atoms with van der Waals surface area (Å²) in [5.41, 5.74) is 6.18. The molecule has 4 aromatic rings. The van der Waals surface area contributed by atoms with Crippen molar-refractivity contribution in [2.75, 3.05) is 38.5 Å². The number of anilines is 1. The highest BCUT2D eigenvalue weighted by Crippen LogP contribution is 2.21. The van der Waals surface area contributed by atoms with Gasteiger partial charge in [0.2, 0.25) is 0 Å². The smallest absolute Gasteiger partial charge is 0.423 e. The largest absolute Gasteiger partial charge is 0.490 e. The summed E-state index contributed by atoms with van der Waals surface area (Å²) in [6.07, 6.45) is 5.18. The van der Waals surface area contributed by atoms with Crippen LogP contribution in [0.1, 0.15) is 32.9 Å². The van der Waals surface area contributed by atoms with Crippen molar-refractivity contribution in [2.24, 2.45) is 0 Å². The number of carbonyl (C=O) groups excluding carboxylic acids is 1. The fourth-order valence-corrected chi connectivity index (χ4v) is 4.72. The zero-order valence-electron chi connectivity index (χ0n) is 22.8. The Hall–Kier alpha value is -3.96. The topological polar surface area (TPSA) is 115 Å². The molecule has 0 aliphatic carbocycles. The molecular weight excluding hydrogens is 503 g/mol. The van der Waals surface area contributed by atoms with Gasteiger partial charge in [0.05, 0.1) is 5.69 Å². The molecule has 0 spiro atoms. The molecule has 0 radical (unpaired) electrons. The minimum Gasteiger partial charge on any atom is -0.423 e. The molecule has 0 unspecified atom stereocenters. The van der Waals surface area contributed by atoms with Gasteiger partial charge in [0.25, 0.3) is 5.91 Å². The van der Waals surface area contributed by atoms with E-state index in [4.69, 9.17) is 0 Å². The first kappa shape index (κ1) is 27.6. The van der Waals surface area contributed by atoms with Gasteiger partial charge >= 0.3 is 7.12 Å². The van der Waals surface area contributed by atoms with Crippen LogP contribution in [0.3, 0.4) is 0 Å². The SMILES string of the molecule is Cc1ccc(NC(=O)c2ccc(CN3CCN(C)CC3)cc2)cc1Cc1nccc(-c2cncc(B(O)O)c2)n1. The highest BCUT2D eigenvalue weighted by Gasteiger charge is 2.15. The Balaban J connectivity index is 1.25. The Morgan fingerprint density at radius 3 is 2.52 bits per heavy atom. The van der Waals surface area contributed by atoms with E-state index in [9.17, 15) is 14.8 Å². The van der Waals surface area contributed by atoms with Gasteiger partial charge in [-0.25, -0.2) is 9.97 Å². The average Bonchev–Trinajstić information content (AvgIpc) is 2.96. The first-order valence-electron chi connectivity index (χ1n) is 13.4. The van der Waals surface area contributed by atoms with Crippen LogP contribution in [0.4, 0.5) is 5.69 Å². The monoisotopic (exact) mass is 536 g/mol. The molecule has 0 atom stereocenters. The molecule has 2 aromatic carbocycles. The molecule has 1 aliphatic rings. The number of benzene rings is 2. The summed E-state index contributed by atoms with van der Waals surface area (Å²) in [7, 11) is 0.549. The Morgan fingerprint density at radius 1 is 1.00 bits per heavy atom. The van der Waals surface area contributed by atoms with Gasteiger partial charge in [0.1, 0.15) is 5.82 Å². The van der Waals surface area contributed by atoms with Crippen LogP contribution in [-0.2, 0) is 13.0 Å². The molecule has 3 heterocycles. The molecule has 1 fully saturated rings. The quantitative estimate of drug-likeness (QED) is 0.294. The van der Waals surface area contributed by atoms with Gasteiger partial charge in [0.15, 0.2) is 0 Å². The lowest BCUT2D eigenvalue weighted by Crippen LogP contribution is -2.43. The zero-order valence-corrected chi connectivity index (χ0v) is 22.8. The molecule has 5 rings (SSSR count). The number of amides is 1. The van der Waals surface area contributed by atoms with Gasteiger partial charge < -0.3 is 20.3 Å². The summed E-state index contributed by atoms with van der Waals surface area (Å²) in [6.45, 7) is 7.19. The van der Waals surface area contributed by atoms with Gasteiger partial charge in [-0.15, -0.1) is 0 Å². The number of pyridine rings is 1. The van der Waals surface area contributed by atoms with E-state index in [1.54, 1.807) is 24.5 Å². The number of piperazine rings is 1. The van der Waals surface area contributed by atoms with E-state index in [1.165, 1.54) is 11.8 Å². The third kappa shape index (κ3) is 6.97. The third-order valence-electron chi connectivity index (χ3n) is 7.23. The molecule has 0 saturated carbocycles. The standard InChI is InChI=1S/C30H33BN6O3/c1-21-3-8-27(34-30(38)23-6-4-22(5-7-23)20-37-13-11-36(2)12-14-37)16-24(21)17-29-33-10-9-28(35-29)25-15-26(31(39)40)19-32-18-25/h3-10,15-16,18-19,39-40H,11-14,17,20H2,1-2H3,(H,34,38). The number of likely N-dealkylation sites (N-methyl/N-ethyl adjacent to an activating group) is 1. The summed E-state index contributed by atoms with van der Waals surface area (Å²) >= 11 is 0. The van der Waals surface area contributed by atoms with Crippen molar-refractivity contribution in [3.05, 3.63) is 101 Å². The Bertz CT molecular complexity index is 1470. The Kier molecular flexibility index (Phi) is 8.61. The van der Waals surface area contributed by atoms with Gasteiger partial charge in [-0.2, -0.15) is 0 Å². The Morgan fingerprint density at radius 2 is 1.77 bits per heavy atom. The van der Waals surface area contributed by atoms with Crippen LogP contribution in [0.25, 0.3) is 11.3 Å². The number of nitrogens with zero attached hydrogens (tertiary/aromatic N) is 5. The molecule has 1 aliphatic heterocycles. The maximum Gasteiger partial charge on any atom is 0.490 e. The van der Waals surface area contributed by atoms with Crippen molar-refractivity contribution < 1.29 is 14.8 Å². The lowest BCUT2D eigenvalue weighted by atomic mass is 9.81. The van der Waals surface area contributed by atoms with E-state index < -0.39 is 7.12 Å². The summed E-state index contributed by atoms with van der Waals surface area (Å²) in [5.74, 6) is 0.451. The van der Waals surface area contributed by atoms with E-state index in [0.717, 1.165) is 43.9 Å². The second-order valence-corrected chi connectivity index (χ2v) is 10.3. The molecule has 10 heteroatoms. The van der Waals surface area contributed by atoms with Crippen LogP contribution in [0.2, 0.25) is 0 Å². The highest BCUT2D eigenvalue weighted by molar-refractivity contribution is 6.58. The number of hydrogen-bond acceptors (Lipinski definition) is 8. The van der Waals surface area contributed by atoms with Gasteiger partial charge in [0, 0.05) is 80.0 Å². The number of carbonyl (C=O) groups is 1. The van der Waals surface area contributed by atoms with Crippen molar-refractivity contribution in [1.82, 2.24) is 24.8 Å². The summed E-state index contributed by atoms with van der Waals surface area (Å²) < 4.78 is 0. The summed E-state index contributed by atoms with van der Waals surface area (Å²) in [4.78, 5) is 30.9. The van der Waals surface area contributed by atoms with Crippen LogP contribution in [0.5, 0.6) is 0 Å². The number of hydrogen-bond donors (Lipinski definition) is 3. The zero-order chi connectivity index (χ0) is 28.1. The molecule has 1 amide bonds. The second kappa shape index (κ2) is 12.5. The third-order valence-corrected chi connectivity index (χ3v) is 7.23. The number of aromatic nitrogens is 3. The average molecular weight is 536 g/mol. The second-order valence-electron chi connectivity index (χ2n) is 10.3. The summed E-state index contributed by atoms with van der Waals surface area (Å²) in [6, 6.07) is 17.1. The molecule has 2 aromatic heterocycles. The number of nitrogens with one attached hydrogen (secondary N) is 1. The predicted octanol–water partition coefficient (Wildman–Crippen LogP) is 2.12. The van der Waals surface area contributed by atoms with E-state index in [1.807, 2.05) is 49.4 Å². The molecule has 3 N–H and O–H groups in total. The molecule has 204 valence electrons. The molecular formula is C30H33BN6O3. The molecule has 0 bridgehead atoms. The van der Waals surface area contributed by atoms with Crippen LogP contribution < -0.4 is 10.8 Å². The predicted molar refractivity (Wildman–Crippen MR) is 156 cm³/mol. The van der Waals surface area contributed by atoms with Crippen LogP contribution in [0, 0.1) is 6.92 Å². The minimum atomic E-state index is -1.60. The van der Waals surface area contributed by atoms with Crippen LogP contribution in [-0.4, -0.2) is 81.1 Å². The lowest BCUT2D eigenvalue weighted by molar-refractivity contribution is 0.102. The lowest BCUT2D eigenvalue weighted by Gasteiger charge is -2.32. The van der Waals surface area contributed by atoms with Crippen molar-refractivity contribution >= 4 is 24.2 Å². The van der Waals surface area contributed by atoms with Crippen LogP contribution in [0.15, 0.2) is 73.2 Å². The Labute approximate surface area is 234 Å². The van der Waals surface area contributed by atoms with Crippen LogP contribution >= 0.6 is 0 Å². The fraction of sp³-hybridized carbons (Fsp3) is 0.267. The molecule has 40 heavy (non-hydrogen) atoms. The fourth-order valence-electron chi connectivity index (χ4n) is 4.72. The van der Waals surface area contributed by atoms with Gasteiger partial charge in [-0.05, 0) is 67.1 Å². The number of rotatable bonds is 8. The number of aryl methyl sites for hydroxylation is 1.